The predicted molar refractivity (Wildman–Crippen MR) is 66.0 cm³/mol. The Bertz CT molecular complexity index is 274. The van der Waals surface area contributed by atoms with Crippen LogP contribution in [0, 0.1) is 0 Å². The second-order valence-corrected chi connectivity index (χ2v) is 4.78. The van der Waals surface area contributed by atoms with Crippen molar-refractivity contribution in [3.8, 4) is 0 Å². The third-order valence-electron chi connectivity index (χ3n) is 3.28. The van der Waals surface area contributed by atoms with Gasteiger partial charge in [-0.15, -0.1) is 0 Å². The molecule has 0 atom stereocenters. The Morgan fingerprint density at radius 3 is 2.50 bits per heavy atom. The van der Waals surface area contributed by atoms with E-state index in [2.05, 4.69) is 6.92 Å². The fourth-order valence-corrected chi connectivity index (χ4v) is 2.16. The second kappa shape index (κ2) is 8.08. The highest BCUT2D eigenvalue weighted by molar-refractivity contribution is 6.32. The lowest BCUT2D eigenvalue weighted by Crippen LogP contribution is -2.41. The van der Waals surface area contributed by atoms with Crippen LogP contribution < -0.4 is 0 Å². The minimum atomic E-state index is -0.944. The van der Waals surface area contributed by atoms with Crippen LogP contribution in [0.5, 0.6) is 0 Å². The van der Waals surface area contributed by atoms with Crippen LogP contribution in [0.2, 0.25) is 0 Å². The first kappa shape index (κ1) is 15.0. The van der Waals surface area contributed by atoms with Crippen LogP contribution in [0.25, 0.3) is 0 Å². The molecule has 5 nitrogen and oxygen atoms in total. The van der Waals surface area contributed by atoms with Crippen molar-refractivity contribution in [2.75, 3.05) is 6.61 Å². The van der Waals surface area contributed by atoms with Crippen molar-refractivity contribution in [2.24, 2.45) is 0 Å². The summed E-state index contributed by atoms with van der Waals surface area (Å²) in [7, 11) is 0. The molecule has 0 aromatic rings. The maximum Gasteiger partial charge on any atom is 0.399 e. The molecule has 1 N–H and O–H groups in total. The SMILES string of the molecule is CCCCCCOC(=O)C(=O)N(O)C1CCCC1. The molecule has 1 rings (SSSR count). The molecule has 0 aromatic carbocycles. The molecule has 1 amide bonds. The molecule has 0 saturated heterocycles. The van der Waals surface area contributed by atoms with Crippen LogP contribution in [-0.2, 0) is 14.3 Å². The summed E-state index contributed by atoms with van der Waals surface area (Å²) in [5.41, 5.74) is 0. The molecule has 5 heteroatoms. The lowest BCUT2D eigenvalue weighted by atomic mass is 10.2. The second-order valence-electron chi connectivity index (χ2n) is 4.78. The van der Waals surface area contributed by atoms with Crippen molar-refractivity contribution in [3.05, 3.63) is 0 Å². The molecule has 0 unspecified atom stereocenters. The number of carbonyl (C=O) groups excluding carboxylic acids is 2. The maximum atomic E-state index is 11.6. The zero-order valence-electron chi connectivity index (χ0n) is 11.1. The normalized spacial score (nSPS) is 15.7. The van der Waals surface area contributed by atoms with E-state index >= 15 is 0 Å². The summed E-state index contributed by atoms with van der Waals surface area (Å²) in [6.07, 6.45) is 7.45. The van der Waals surface area contributed by atoms with Gasteiger partial charge in [0.2, 0.25) is 0 Å². The average Bonchev–Trinajstić information content (AvgIpc) is 2.90. The van der Waals surface area contributed by atoms with E-state index in [-0.39, 0.29) is 12.6 Å². The number of hydrogen-bond donors (Lipinski definition) is 1. The van der Waals surface area contributed by atoms with Crippen LogP contribution in [0.1, 0.15) is 58.3 Å². The molecule has 0 bridgehead atoms. The van der Waals surface area contributed by atoms with Crippen LogP contribution in [0.4, 0.5) is 0 Å². The van der Waals surface area contributed by atoms with Crippen molar-refractivity contribution in [1.82, 2.24) is 5.06 Å². The van der Waals surface area contributed by atoms with Crippen molar-refractivity contribution in [2.45, 2.75) is 64.3 Å². The van der Waals surface area contributed by atoms with Crippen LogP contribution in [-0.4, -0.2) is 34.8 Å². The number of nitrogens with zero attached hydrogens (tertiary/aromatic N) is 1. The molecule has 1 aliphatic rings. The van der Waals surface area contributed by atoms with E-state index in [4.69, 9.17) is 4.74 Å². The summed E-state index contributed by atoms with van der Waals surface area (Å²) >= 11 is 0. The Hall–Kier alpha value is -1.10. The van der Waals surface area contributed by atoms with Gasteiger partial charge in [0.25, 0.3) is 0 Å². The Morgan fingerprint density at radius 2 is 1.89 bits per heavy atom. The highest BCUT2D eigenvalue weighted by atomic mass is 16.6. The number of hydrogen-bond acceptors (Lipinski definition) is 4. The van der Waals surface area contributed by atoms with Gasteiger partial charge in [-0.25, -0.2) is 9.86 Å². The standard InChI is InChI=1S/C13H23NO4/c1-2-3-4-7-10-18-13(16)12(15)14(17)11-8-5-6-9-11/h11,17H,2-10H2,1H3. The number of rotatable bonds is 6. The summed E-state index contributed by atoms with van der Waals surface area (Å²) in [5.74, 6) is -1.88. The number of ether oxygens (including phenoxy) is 1. The van der Waals surface area contributed by atoms with Gasteiger partial charge in [-0.3, -0.25) is 10.0 Å². The molecule has 1 aliphatic carbocycles. The van der Waals surface area contributed by atoms with Crippen molar-refractivity contribution < 1.29 is 19.5 Å². The lowest BCUT2D eigenvalue weighted by molar-refractivity contribution is -0.187. The van der Waals surface area contributed by atoms with Gasteiger partial charge in [0.05, 0.1) is 12.6 Å². The van der Waals surface area contributed by atoms with Gasteiger partial charge in [-0.2, -0.15) is 0 Å². The van der Waals surface area contributed by atoms with Gasteiger partial charge >= 0.3 is 11.9 Å². The lowest BCUT2D eigenvalue weighted by Gasteiger charge is -2.20. The van der Waals surface area contributed by atoms with E-state index in [1.54, 1.807) is 0 Å². The Morgan fingerprint density at radius 1 is 1.22 bits per heavy atom. The van der Waals surface area contributed by atoms with Crippen molar-refractivity contribution in [3.63, 3.8) is 0 Å². The molecule has 0 radical (unpaired) electrons. The van der Waals surface area contributed by atoms with E-state index in [1.807, 2.05) is 0 Å². The first-order valence-corrected chi connectivity index (χ1v) is 6.86. The number of amides is 1. The van der Waals surface area contributed by atoms with E-state index in [0.29, 0.717) is 5.06 Å². The molecule has 0 aromatic heterocycles. The Kier molecular flexibility index (Phi) is 6.72. The number of carbonyl (C=O) groups is 2. The first-order valence-electron chi connectivity index (χ1n) is 6.86. The van der Waals surface area contributed by atoms with Crippen LogP contribution in [0.15, 0.2) is 0 Å². The third-order valence-corrected chi connectivity index (χ3v) is 3.28. The maximum absolute atomic E-state index is 11.6. The number of esters is 1. The van der Waals surface area contributed by atoms with E-state index < -0.39 is 11.9 Å². The van der Waals surface area contributed by atoms with Gasteiger partial charge in [-0.05, 0) is 19.3 Å². The van der Waals surface area contributed by atoms with E-state index in [1.165, 1.54) is 0 Å². The van der Waals surface area contributed by atoms with E-state index in [0.717, 1.165) is 51.4 Å². The summed E-state index contributed by atoms with van der Waals surface area (Å²) in [4.78, 5) is 23.0. The quantitative estimate of drug-likeness (QED) is 0.260. The number of hydroxylamine groups is 2. The fraction of sp³-hybridized carbons (Fsp3) is 0.846. The minimum absolute atomic E-state index is 0.217. The molecule has 18 heavy (non-hydrogen) atoms. The van der Waals surface area contributed by atoms with Crippen molar-refractivity contribution in [1.29, 1.82) is 0 Å². The number of unbranched alkanes of at least 4 members (excludes halogenated alkanes) is 3. The summed E-state index contributed by atoms with van der Waals surface area (Å²) in [5, 5.41) is 10.2. The molecule has 0 aliphatic heterocycles. The first-order chi connectivity index (χ1) is 8.66. The van der Waals surface area contributed by atoms with Gasteiger partial charge in [0.15, 0.2) is 0 Å². The molecule has 104 valence electrons. The molecular formula is C13H23NO4. The molecular weight excluding hydrogens is 234 g/mol. The highest BCUT2D eigenvalue weighted by Crippen LogP contribution is 2.22. The summed E-state index contributed by atoms with van der Waals surface area (Å²) in [6.45, 7) is 2.35. The van der Waals surface area contributed by atoms with Crippen LogP contribution in [0.3, 0.4) is 0 Å². The topological polar surface area (TPSA) is 66.8 Å². The Labute approximate surface area is 108 Å². The summed E-state index contributed by atoms with van der Waals surface area (Å²) in [6, 6.07) is -0.217. The molecule has 0 heterocycles. The zero-order chi connectivity index (χ0) is 13.4. The van der Waals surface area contributed by atoms with Gasteiger partial charge < -0.3 is 4.74 Å². The average molecular weight is 257 g/mol. The third kappa shape index (κ3) is 4.64. The van der Waals surface area contributed by atoms with Gasteiger partial charge in [-0.1, -0.05) is 39.0 Å². The Balaban J connectivity index is 2.21. The van der Waals surface area contributed by atoms with Crippen LogP contribution >= 0.6 is 0 Å². The molecule has 1 fully saturated rings. The largest absolute Gasteiger partial charge is 0.458 e. The van der Waals surface area contributed by atoms with Gasteiger partial charge in [0.1, 0.15) is 0 Å². The fourth-order valence-electron chi connectivity index (χ4n) is 2.16. The summed E-state index contributed by atoms with van der Waals surface area (Å²) < 4.78 is 4.84. The monoisotopic (exact) mass is 257 g/mol. The highest BCUT2D eigenvalue weighted by Gasteiger charge is 2.30. The molecule has 0 spiro atoms. The van der Waals surface area contributed by atoms with E-state index in [9.17, 15) is 14.8 Å². The predicted octanol–water partition coefficient (Wildman–Crippen LogP) is 2.27. The smallest absolute Gasteiger partial charge is 0.399 e. The molecule has 1 saturated carbocycles. The van der Waals surface area contributed by atoms with Gasteiger partial charge in [0, 0.05) is 0 Å². The van der Waals surface area contributed by atoms with Crippen molar-refractivity contribution >= 4 is 11.9 Å². The minimum Gasteiger partial charge on any atom is -0.458 e. The zero-order valence-corrected chi connectivity index (χ0v) is 11.1.